The second-order valence-electron chi connectivity index (χ2n) is 8.15. The molecule has 1 aliphatic rings. The highest BCUT2D eigenvalue weighted by Gasteiger charge is 2.40. The number of alkyl halides is 6. The third-order valence-electron chi connectivity index (χ3n) is 5.68. The molecule has 0 aliphatic carbocycles. The molecule has 1 fully saturated rings. The van der Waals surface area contributed by atoms with Crippen LogP contribution in [0.4, 0.5) is 26.3 Å². The lowest BCUT2D eigenvalue weighted by Crippen LogP contribution is -2.50. The van der Waals surface area contributed by atoms with Crippen LogP contribution < -0.4 is 4.74 Å². The van der Waals surface area contributed by atoms with Crippen molar-refractivity contribution in [2.24, 2.45) is 5.92 Å². The van der Waals surface area contributed by atoms with Gasteiger partial charge in [0.25, 0.3) is 0 Å². The van der Waals surface area contributed by atoms with Gasteiger partial charge < -0.3 is 9.84 Å². The first-order valence-corrected chi connectivity index (χ1v) is 10.3. The summed E-state index contributed by atoms with van der Waals surface area (Å²) < 4.78 is 85.1. The van der Waals surface area contributed by atoms with Crippen LogP contribution in [0.15, 0.2) is 42.5 Å². The first-order valence-electron chi connectivity index (χ1n) is 10.3. The number of hydrogen-bond donors (Lipinski definition) is 1. The molecule has 1 saturated heterocycles. The lowest BCUT2D eigenvalue weighted by atomic mass is 9.92. The van der Waals surface area contributed by atoms with Crippen LogP contribution in [0.25, 0.3) is 0 Å². The number of nitrogens with zero attached hydrogens (tertiary/aromatic N) is 1. The van der Waals surface area contributed by atoms with Gasteiger partial charge in [-0.05, 0) is 54.8 Å². The van der Waals surface area contributed by atoms with Crippen molar-refractivity contribution >= 4 is 5.97 Å². The van der Waals surface area contributed by atoms with Crippen molar-refractivity contribution < 1.29 is 41.0 Å². The lowest BCUT2D eigenvalue weighted by molar-refractivity contribution is -0.142. The van der Waals surface area contributed by atoms with Gasteiger partial charge in [0, 0.05) is 31.5 Å². The maximum atomic E-state index is 13.4. The highest BCUT2D eigenvalue weighted by Crippen LogP contribution is 2.41. The van der Waals surface area contributed by atoms with Crippen molar-refractivity contribution in [2.45, 2.75) is 38.2 Å². The summed E-state index contributed by atoms with van der Waals surface area (Å²) in [6.45, 7) is 2.52. The van der Waals surface area contributed by atoms with E-state index < -0.39 is 41.1 Å². The maximum Gasteiger partial charge on any atom is 0.416 e. The van der Waals surface area contributed by atoms with E-state index in [9.17, 15) is 31.1 Å². The fourth-order valence-electron chi connectivity index (χ4n) is 3.83. The zero-order valence-corrected chi connectivity index (χ0v) is 17.7. The predicted molar refractivity (Wildman–Crippen MR) is 108 cm³/mol. The van der Waals surface area contributed by atoms with E-state index in [-0.39, 0.29) is 12.3 Å². The molecule has 2 aromatic rings. The van der Waals surface area contributed by atoms with E-state index >= 15 is 0 Å². The number of halogens is 6. The molecule has 0 amide bonds. The van der Waals surface area contributed by atoms with Crippen molar-refractivity contribution in [2.75, 3.05) is 19.7 Å². The van der Waals surface area contributed by atoms with E-state index in [0.29, 0.717) is 50.1 Å². The smallest absolute Gasteiger partial charge is 0.416 e. The number of aryl methyl sites for hydroxylation is 1. The van der Waals surface area contributed by atoms with Gasteiger partial charge in [-0.1, -0.05) is 12.1 Å². The Morgan fingerprint density at radius 2 is 1.79 bits per heavy atom. The molecule has 0 aromatic heterocycles. The molecule has 1 aliphatic heterocycles. The average molecular weight is 475 g/mol. The van der Waals surface area contributed by atoms with Crippen molar-refractivity contribution in [3.8, 4) is 5.75 Å². The van der Waals surface area contributed by atoms with Crippen molar-refractivity contribution in [3.63, 3.8) is 0 Å². The van der Waals surface area contributed by atoms with Crippen LogP contribution in [-0.4, -0.2) is 35.7 Å². The molecule has 4 nitrogen and oxygen atoms in total. The number of carbonyl (C=O) groups is 1. The third kappa shape index (κ3) is 6.40. The number of rotatable bonds is 8. The SMILES string of the molecule is CC(c1cc(C(F)(F)F)ccc1C(F)(F)F)N1CC(COc2cccc(CCC(=O)O)c2)C1. The summed E-state index contributed by atoms with van der Waals surface area (Å²) >= 11 is 0. The van der Waals surface area contributed by atoms with Crippen molar-refractivity contribution in [3.05, 3.63) is 64.7 Å². The van der Waals surface area contributed by atoms with Gasteiger partial charge in [-0.25, -0.2) is 0 Å². The largest absolute Gasteiger partial charge is 0.493 e. The summed E-state index contributed by atoms with van der Waals surface area (Å²) in [5.41, 5.74) is -1.77. The number of ether oxygens (including phenoxy) is 1. The molecular weight excluding hydrogens is 452 g/mol. The fraction of sp³-hybridized carbons (Fsp3) is 0.435. The highest BCUT2D eigenvalue weighted by atomic mass is 19.4. The minimum absolute atomic E-state index is 0.00558. The zero-order valence-electron chi connectivity index (χ0n) is 17.7. The second-order valence-corrected chi connectivity index (χ2v) is 8.15. The van der Waals surface area contributed by atoms with E-state index in [1.165, 1.54) is 6.92 Å². The van der Waals surface area contributed by atoms with Gasteiger partial charge in [-0.3, -0.25) is 9.69 Å². The quantitative estimate of drug-likeness (QED) is 0.490. The molecular formula is C23H23F6NO3. The van der Waals surface area contributed by atoms with E-state index in [1.54, 1.807) is 29.2 Å². The number of benzene rings is 2. The van der Waals surface area contributed by atoms with Gasteiger partial charge in [0.05, 0.1) is 17.7 Å². The Kier molecular flexibility index (Phi) is 7.26. The monoisotopic (exact) mass is 475 g/mol. The molecule has 10 heteroatoms. The van der Waals surface area contributed by atoms with Crippen LogP contribution in [0.3, 0.4) is 0 Å². The van der Waals surface area contributed by atoms with Crippen LogP contribution in [0.1, 0.15) is 41.6 Å². The fourth-order valence-corrected chi connectivity index (χ4v) is 3.83. The molecule has 180 valence electrons. The normalized spacial score (nSPS) is 16.3. The summed E-state index contributed by atoms with van der Waals surface area (Å²) in [5.74, 6) is -0.337. The number of likely N-dealkylation sites (tertiary alicyclic amines) is 1. The van der Waals surface area contributed by atoms with Crippen LogP contribution in [-0.2, 0) is 23.6 Å². The molecule has 3 rings (SSSR count). The minimum atomic E-state index is -4.76. The van der Waals surface area contributed by atoms with Crippen LogP contribution in [0.5, 0.6) is 5.75 Å². The summed E-state index contributed by atoms with van der Waals surface area (Å²) in [7, 11) is 0. The molecule has 0 bridgehead atoms. The van der Waals surface area contributed by atoms with Crippen LogP contribution in [0.2, 0.25) is 0 Å². The van der Waals surface area contributed by atoms with Gasteiger partial charge in [0.2, 0.25) is 0 Å². The Balaban J connectivity index is 1.61. The molecule has 0 radical (unpaired) electrons. The average Bonchev–Trinajstić information content (AvgIpc) is 2.69. The Morgan fingerprint density at radius 3 is 2.39 bits per heavy atom. The summed E-state index contributed by atoms with van der Waals surface area (Å²) in [5, 5.41) is 8.77. The highest BCUT2D eigenvalue weighted by molar-refractivity contribution is 5.67. The molecule has 0 saturated carbocycles. The topological polar surface area (TPSA) is 49.8 Å². The Morgan fingerprint density at radius 1 is 1.09 bits per heavy atom. The number of carboxylic acid groups (broad SMARTS) is 1. The van der Waals surface area contributed by atoms with Crippen LogP contribution in [0, 0.1) is 5.92 Å². The van der Waals surface area contributed by atoms with Crippen LogP contribution >= 0.6 is 0 Å². The van der Waals surface area contributed by atoms with Gasteiger partial charge in [0.15, 0.2) is 0 Å². The first-order chi connectivity index (χ1) is 15.3. The van der Waals surface area contributed by atoms with E-state index in [2.05, 4.69) is 0 Å². The summed E-state index contributed by atoms with van der Waals surface area (Å²) in [6.07, 6.45) is -9.14. The summed E-state index contributed by atoms with van der Waals surface area (Å²) in [4.78, 5) is 12.4. The molecule has 33 heavy (non-hydrogen) atoms. The van der Waals surface area contributed by atoms with Gasteiger partial charge in [0.1, 0.15) is 5.75 Å². The minimum Gasteiger partial charge on any atom is -0.493 e. The standard InChI is InChI=1S/C23H23F6NO3/c1-14(19-10-17(22(24,25)26)6-7-20(19)23(27,28)29)30-11-16(12-30)13-33-18-4-2-3-15(9-18)5-8-21(31)32/h2-4,6-7,9-10,14,16H,5,8,11-13H2,1H3,(H,31,32). The maximum absolute atomic E-state index is 13.4. The van der Waals surface area contributed by atoms with E-state index in [0.717, 1.165) is 5.56 Å². The third-order valence-corrected chi connectivity index (χ3v) is 5.68. The predicted octanol–water partition coefficient (Wildman–Crippen LogP) is 5.81. The van der Waals surface area contributed by atoms with Crippen molar-refractivity contribution in [1.82, 2.24) is 4.90 Å². The molecule has 1 unspecified atom stereocenters. The van der Waals surface area contributed by atoms with Gasteiger partial charge >= 0.3 is 18.3 Å². The summed E-state index contributed by atoms with van der Waals surface area (Å²) in [6, 6.07) is 7.67. The lowest BCUT2D eigenvalue weighted by Gasteiger charge is -2.43. The van der Waals surface area contributed by atoms with E-state index in [1.807, 2.05) is 0 Å². The molecule has 1 heterocycles. The van der Waals surface area contributed by atoms with Gasteiger partial charge in [-0.15, -0.1) is 0 Å². The van der Waals surface area contributed by atoms with Crippen molar-refractivity contribution in [1.29, 1.82) is 0 Å². The number of aliphatic carboxylic acids is 1. The molecule has 1 atom stereocenters. The molecule has 0 spiro atoms. The Labute approximate surface area is 186 Å². The van der Waals surface area contributed by atoms with E-state index in [4.69, 9.17) is 9.84 Å². The second kappa shape index (κ2) is 9.62. The molecule has 1 N–H and O–H groups in total. The molecule has 2 aromatic carbocycles. The number of hydrogen-bond acceptors (Lipinski definition) is 3. The Hall–Kier alpha value is -2.75. The van der Waals surface area contributed by atoms with Gasteiger partial charge in [-0.2, -0.15) is 26.3 Å². The first kappa shape index (κ1) is 24.9. The zero-order chi connectivity index (χ0) is 24.4. The number of carboxylic acids is 1. The Bertz CT molecular complexity index is 983.